The fourth-order valence-corrected chi connectivity index (χ4v) is 3.88. The van der Waals surface area contributed by atoms with E-state index in [9.17, 15) is 9.59 Å². The zero-order chi connectivity index (χ0) is 18.4. The first-order valence-corrected chi connectivity index (χ1v) is 10.0. The van der Waals surface area contributed by atoms with Gasteiger partial charge >= 0.3 is 0 Å². The number of likely N-dealkylation sites (tertiary alicyclic amines) is 1. The van der Waals surface area contributed by atoms with Crippen LogP contribution in [0.4, 0.5) is 5.69 Å². The van der Waals surface area contributed by atoms with E-state index < -0.39 is 0 Å². The minimum absolute atomic E-state index is 0.124. The van der Waals surface area contributed by atoms with Gasteiger partial charge in [-0.15, -0.1) is 11.3 Å². The molecule has 138 valence electrons. The maximum Gasteiger partial charge on any atom is 0.265 e. The van der Waals surface area contributed by atoms with Gasteiger partial charge in [-0.2, -0.15) is 0 Å². The van der Waals surface area contributed by atoms with Crippen molar-refractivity contribution in [3.63, 3.8) is 0 Å². The highest BCUT2D eigenvalue weighted by atomic mass is 32.1. The summed E-state index contributed by atoms with van der Waals surface area (Å²) in [6, 6.07) is 11.0. The summed E-state index contributed by atoms with van der Waals surface area (Å²) in [6.45, 7) is 5.36. The predicted molar refractivity (Wildman–Crippen MR) is 106 cm³/mol. The minimum atomic E-state index is -0.187. The lowest BCUT2D eigenvalue weighted by atomic mass is 10.0. The van der Waals surface area contributed by atoms with E-state index in [2.05, 4.69) is 22.5 Å². The van der Waals surface area contributed by atoms with E-state index in [0.29, 0.717) is 16.1 Å². The Hall–Kier alpha value is -2.18. The summed E-state index contributed by atoms with van der Waals surface area (Å²) in [5.41, 5.74) is 1.06. The third-order valence-corrected chi connectivity index (χ3v) is 5.50. The molecule has 0 atom stereocenters. The molecule has 1 aromatic heterocycles. The number of hydrogen-bond donors (Lipinski definition) is 2. The fraction of sp³-hybridized carbons (Fsp3) is 0.400. The van der Waals surface area contributed by atoms with Gasteiger partial charge in [0.25, 0.3) is 11.8 Å². The van der Waals surface area contributed by atoms with Crippen LogP contribution in [0.3, 0.4) is 0 Å². The van der Waals surface area contributed by atoms with Crippen molar-refractivity contribution in [1.82, 2.24) is 10.2 Å². The zero-order valence-corrected chi connectivity index (χ0v) is 15.8. The molecule has 6 heteroatoms. The van der Waals surface area contributed by atoms with Gasteiger partial charge in [-0.05, 0) is 49.4 Å². The number of benzene rings is 1. The Kier molecular flexibility index (Phi) is 6.41. The van der Waals surface area contributed by atoms with E-state index in [1.54, 1.807) is 18.2 Å². The van der Waals surface area contributed by atoms with Crippen LogP contribution in [-0.2, 0) is 0 Å². The van der Waals surface area contributed by atoms with Gasteiger partial charge in [0.05, 0.1) is 16.1 Å². The van der Waals surface area contributed by atoms with Gasteiger partial charge in [-0.25, -0.2) is 0 Å². The van der Waals surface area contributed by atoms with Crippen molar-refractivity contribution in [2.75, 3.05) is 25.0 Å². The summed E-state index contributed by atoms with van der Waals surface area (Å²) in [6.07, 6.45) is 3.10. The highest BCUT2D eigenvalue weighted by Gasteiger charge is 2.22. The van der Waals surface area contributed by atoms with Crippen LogP contribution in [0.15, 0.2) is 41.8 Å². The van der Waals surface area contributed by atoms with Crippen molar-refractivity contribution in [2.45, 2.75) is 32.2 Å². The molecular weight excluding hydrogens is 346 g/mol. The molecule has 1 aliphatic rings. The van der Waals surface area contributed by atoms with Crippen LogP contribution < -0.4 is 10.6 Å². The Labute approximate surface area is 158 Å². The number of carbonyl (C=O) groups is 2. The number of amides is 2. The molecular formula is C20H25N3O2S. The summed E-state index contributed by atoms with van der Waals surface area (Å²) < 4.78 is 0. The van der Waals surface area contributed by atoms with E-state index >= 15 is 0 Å². The Morgan fingerprint density at radius 1 is 1.12 bits per heavy atom. The third kappa shape index (κ3) is 4.71. The minimum Gasteiger partial charge on any atom is -0.349 e. The first-order chi connectivity index (χ1) is 12.7. The van der Waals surface area contributed by atoms with E-state index in [1.165, 1.54) is 11.3 Å². The molecule has 0 aliphatic carbocycles. The highest BCUT2D eigenvalue weighted by molar-refractivity contribution is 7.12. The number of hydrogen-bond acceptors (Lipinski definition) is 4. The Morgan fingerprint density at radius 2 is 1.88 bits per heavy atom. The van der Waals surface area contributed by atoms with Gasteiger partial charge in [0.2, 0.25) is 0 Å². The topological polar surface area (TPSA) is 61.4 Å². The van der Waals surface area contributed by atoms with Crippen molar-refractivity contribution in [2.24, 2.45) is 0 Å². The zero-order valence-electron chi connectivity index (χ0n) is 15.0. The van der Waals surface area contributed by atoms with Gasteiger partial charge < -0.3 is 15.5 Å². The summed E-state index contributed by atoms with van der Waals surface area (Å²) in [5.74, 6) is -0.311. The second kappa shape index (κ2) is 8.96. The van der Waals surface area contributed by atoms with Crippen molar-refractivity contribution in [3.05, 3.63) is 52.2 Å². The molecule has 2 amide bonds. The molecule has 1 fully saturated rings. The number of anilines is 1. The molecule has 3 rings (SSSR count). The van der Waals surface area contributed by atoms with Crippen LogP contribution in [0.25, 0.3) is 0 Å². The molecule has 1 aliphatic heterocycles. The van der Waals surface area contributed by atoms with Crippen molar-refractivity contribution in [1.29, 1.82) is 0 Å². The summed E-state index contributed by atoms with van der Waals surface area (Å²) in [4.78, 5) is 28.1. The highest BCUT2D eigenvalue weighted by Crippen LogP contribution is 2.19. The summed E-state index contributed by atoms with van der Waals surface area (Å²) >= 11 is 1.38. The molecule has 5 nitrogen and oxygen atoms in total. The van der Waals surface area contributed by atoms with Crippen LogP contribution in [0.1, 0.15) is 46.2 Å². The van der Waals surface area contributed by atoms with Gasteiger partial charge in [0, 0.05) is 19.1 Å². The van der Waals surface area contributed by atoms with Crippen molar-refractivity contribution >= 4 is 28.8 Å². The lowest BCUT2D eigenvalue weighted by Crippen LogP contribution is -2.44. The quantitative estimate of drug-likeness (QED) is 0.815. The van der Waals surface area contributed by atoms with Crippen molar-refractivity contribution < 1.29 is 9.59 Å². The van der Waals surface area contributed by atoms with Crippen LogP contribution in [0.5, 0.6) is 0 Å². The second-order valence-corrected chi connectivity index (χ2v) is 7.51. The molecule has 0 saturated carbocycles. The van der Waals surface area contributed by atoms with E-state index in [0.717, 1.165) is 38.9 Å². The molecule has 2 aromatic rings. The molecule has 0 bridgehead atoms. The number of piperidine rings is 1. The van der Waals surface area contributed by atoms with E-state index in [1.807, 2.05) is 23.6 Å². The SMILES string of the molecule is CCCN1CCC(NC(=O)c2ccccc2NC(=O)c2cccs2)CC1. The first-order valence-electron chi connectivity index (χ1n) is 9.14. The Balaban J connectivity index is 1.62. The monoisotopic (exact) mass is 371 g/mol. The Morgan fingerprint density at radius 3 is 2.58 bits per heavy atom. The average molecular weight is 372 g/mol. The maximum atomic E-state index is 12.7. The molecule has 0 spiro atoms. The van der Waals surface area contributed by atoms with Gasteiger partial charge in [0.15, 0.2) is 0 Å². The number of thiophene rings is 1. The largest absolute Gasteiger partial charge is 0.349 e. The maximum absolute atomic E-state index is 12.7. The van der Waals surface area contributed by atoms with E-state index in [-0.39, 0.29) is 17.9 Å². The number of para-hydroxylation sites is 1. The van der Waals surface area contributed by atoms with Crippen LogP contribution in [-0.4, -0.2) is 42.4 Å². The van der Waals surface area contributed by atoms with Gasteiger partial charge in [0.1, 0.15) is 0 Å². The van der Waals surface area contributed by atoms with Crippen LogP contribution in [0, 0.1) is 0 Å². The second-order valence-electron chi connectivity index (χ2n) is 6.57. The first kappa shape index (κ1) is 18.6. The van der Waals surface area contributed by atoms with Gasteiger partial charge in [-0.3, -0.25) is 9.59 Å². The number of nitrogens with zero attached hydrogens (tertiary/aromatic N) is 1. The van der Waals surface area contributed by atoms with E-state index in [4.69, 9.17) is 0 Å². The third-order valence-electron chi connectivity index (χ3n) is 4.63. The number of carbonyl (C=O) groups excluding carboxylic acids is 2. The van der Waals surface area contributed by atoms with Gasteiger partial charge in [-0.1, -0.05) is 25.1 Å². The lowest BCUT2D eigenvalue weighted by molar-refractivity contribution is 0.0912. The smallest absolute Gasteiger partial charge is 0.265 e. The molecule has 2 N–H and O–H groups in total. The Bertz CT molecular complexity index is 737. The van der Waals surface area contributed by atoms with Crippen LogP contribution in [0.2, 0.25) is 0 Å². The van der Waals surface area contributed by atoms with Crippen LogP contribution >= 0.6 is 11.3 Å². The fourth-order valence-electron chi connectivity index (χ4n) is 3.26. The molecule has 2 heterocycles. The normalized spacial score (nSPS) is 15.6. The standard InChI is InChI=1S/C20H25N3O2S/c1-2-11-23-12-9-15(10-13-23)21-19(24)16-6-3-4-7-17(16)22-20(25)18-8-5-14-26-18/h3-8,14-15H,2,9-13H2,1H3,(H,21,24)(H,22,25). The molecule has 1 saturated heterocycles. The lowest BCUT2D eigenvalue weighted by Gasteiger charge is -2.32. The van der Waals surface area contributed by atoms with Crippen molar-refractivity contribution in [3.8, 4) is 0 Å². The average Bonchev–Trinajstić information content (AvgIpc) is 3.19. The molecule has 1 aromatic carbocycles. The molecule has 0 radical (unpaired) electrons. The number of nitrogens with one attached hydrogen (secondary N) is 2. The molecule has 26 heavy (non-hydrogen) atoms. The predicted octanol–water partition coefficient (Wildman–Crippen LogP) is 3.60. The molecule has 0 unspecified atom stereocenters. The summed E-state index contributed by atoms with van der Waals surface area (Å²) in [7, 11) is 0. The summed E-state index contributed by atoms with van der Waals surface area (Å²) in [5, 5.41) is 7.85. The number of rotatable bonds is 6.